The van der Waals surface area contributed by atoms with E-state index in [9.17, 15) is 0 Å². The van der Waals surface area contributed by atoms with E-state index in [4.69, 9.17) is 4.74 Å². The number of aryl methyl sites for hydroxylation is 2. The summed E-state index contributed by atoms with van der Waals surface area (Å²) in [6.07, 6.45) is 2.20. The summed E-state index contributed by atoms with van der Waals surface area (Å²) in [5, 5.41) is 0. The molecule has 1 nitrogen and oxygen atoms in total. The van der Waals surface area contributed by atoms with Crippen molar-refractivity contribution in [3.05, 3.63) is 29.3 Å². The van der Waals surface area contributed by atoms with Gasteiger partial charge in [0.25, 0.3) is 0 Å². The lowest BCUT2D eigenvalue weighted by Gasteiger charge is -2.06. The molecular formula is C11H16OS. The van der Waals surface area contributed by atoms with Crippen molar-refractivity contribution in [3.63, 3.8) is 0 Å². The van der Waals surface area contributed by atoms with Gasteiger partial charge in [0.15, 0.2) is 0 Å². The van der Waals surface area contributed by atoms with Gasteiger partial charge in [-0.2, -0.15) is 12.6 Å². The molecule has 0 saturated heterocycles. The topological polar surface area (TPSA) is 9.23 Å². The number of methoxy groups -OCH3 is 1. The quantitative estimate of drug-likeness (QED) is 0.729. The number of thiol groups is 1. The second-order valence-electron chi connectivity index (χ2n) is 3.13. The van der Waals surface area contributed by atoms with Gasteiger partial charge in [-0.05, 0) is 42.7 Å². The third-order valence-corrected chi connectivity index (χ3v) is 2.41. The van der Waals surface area contributed by atoms with Crippen molar-refractivity contribution in [2.75, 3.05) is 12.9 Å². The number of ether oxygens (including phenoxy) is 1. The van der Waals surface area contributed by atoms with E-state index in [1.807, 2.05) is 0 Å². The fourth-order valence-electron chi connectivity index (χ4n) is 1.30. The van der Waals surface area contributed by atoms with Crippen LogP contribution < -0.4 is 4.74 Å². The zero-order valence-corrected chi connectivity index (χ0v) is 9.10. The number of benzene rings is 1. The van der Waals surface area contributed by atoms with Gasteiger partial charge in [0, 0.05) is 0 Å². The van der Waals surface area contributed by atoms with Gasteiger partial charge in [-0.1, -0.05) is 12.1 Å². The molecule has 0 amide bonds. The molecule has 1 aromatic rings. The Morgan fingerprint density at radius 2 is 2.15 bits per heavy atom. The number of hydrogen-bond acceptors (Lipinski definition) is 2. The van der Waals surface area contributed by atoms with Crippen LogP contribution in [0.25, 0.3) is 0 Å². The Hall–Kier alpha value is -0.630. The van der Waals surface area contributed by atoms with E-state index in [-0.39, 0.29) is 0 Å². The minimum Gasteiger partial charge on any atom is -0.496 e. The maximum absolute atomic E-state index is 5.25. The van der Waals surface area contributed by atoms with Crippen LogP contribution in [-0.2, 0) is 6.42 Å². The molecule has 72 valence electrons. The average Bonchev–Trinajstić information content (AvgIpc) is 2.16. The van der Waals surface area contributed by atoms with E-state index in [0.29, 0.717) is 0 Å². The van der Waals surface area contributed by atoms with E-state index in [2.05, 4.69) is 37.8 Å². The van der Waals surface area contributed by atoms with Gasteiger partial charge in [0.1, 0.15) is 5.75 Å². The molecule has 1 rings (SSSR count). The van der Waals surface area contributed by atoms with Crippen molar-refractivity contribution in [2.24, 2.45) is 0 Å². The van der Waals surface area contributed by atoms with Gasteiger partial charge < -0.3 is 4.74 Å². The Labute approximate surface area is 85.5 Å². The van der Waals surface area contributed by atoms with E-state index in [1.165, 1.54) is 11.1 Å². The molecule has 0 N–H and O–H groups in total. The van der Waals surface area contributed by atoms with Crippen LogP contribution in [-0.4, -0.2) is 12.9 Å². The maximum atomic E-state index is 5.25. The van der Waals surface area contributed by atoms with Crippen molar-refractivity contribution in [2.45, 2.75) is 19.8 Å². The molecule has 0 heterocycles. The Morgan fingerprint density at radius 3 is 2.77 bits per heavy atom. The summed E-state index contributed by atoms with van der Waals surface area (Å²) in [4.78, 5) is 0. The van der Waals surface area contributed by atoms with Crippen LogP contribution in [0.15, 0.2) is 18.2 Å². The molecule has 0 unspecified atom stereocenters. The molecule has 0 radical (unpaired) electrons. The van der Waals surface area contributed by atoms with E-state index in [1.54, 1.807) is 7.11 Å². The van der Waals surface area contributed by atoms with E-state index in [0.717, 1.165) is 24.3 Å². The van der Waals surface area contributed by atoms with Gasteiger partial charge in [-0.25, -0.2) is 0 Å². The molecule has 0 spiro atoms. The maximum Gasteiger partial charge on any atom is 0.122 e. The summed E-state index contributed by atoms with van der Waals surface area (Å²) in [6.45, 7) is 2.06. The van der Waals surface area contributed by atoms with Crippen molar-refractivity contribution >= 4 is 12.6 Å². The van der Waals surface area contributed by atoms with Gasteiger partial charge in [0.2, 0.25) is 0 Å². The standard InChI is InChI=1S/C11H16OS/c1-9-5-6-10(4-3-7-13)8-11(9)12-2/h5-6,8,13H,3-4,7H2,1-2H3. The third kappa shape index (κ3) is 2.96. The van der Waals surface area contributed by atoms with Crippen LogP contribution in [0.4, 0.5) is 0 Å². The molecular weight excluding hydrogens is 180 g/mol. The fourth-order valence-corrected chi connectivity index (χ4v) is 1.46. The molecule has 0 atom stereocenters. The predicted molar refractivity (Wildman–Crippen MR) is 59.9 cm³/mol. The summed E-state index contributed by atoms with van der Waals surface area (Å²) < 4.78 is 5.25. The average molecular weight is 196 g/mol. The second kappa shape index (κ2) is 5.18. The highest BCUT2D eigenvalue weighted by atomic mass is 32.1. The normalized spacial score (nSPS) is 10.1. The highest BCUT2D eigenvalue weighted by Gasteiger charge is 1.99. The van der Waals surface area contributed by atoms with Crippen molar-refractivity contribution in [3.8, 4) is 5.75 Å². The predicted octanol–water partition coefficient (Wildman–Crippen LogP) is 2.87. The first-order chi connectivity index (χ1) is 6.27. The van der Waals surface area contributed by atoms with Crippen LogP contribution in [0, 0.1) is 6.92 Å². The highest BCUT2D eigenvalue weighted by Crippen LogP contribution is 2.19. The Balaban J connectivity index is 2.74. The van der Waals surface area contributed by atoms with Crippen LogP contribution in [0.1, 0.15) is 17.5 Å². The molecule has 0 aliphatic carbocycles. The first kappa shape index (κ1) is 10.5. The van der Waals surface area contributed by atoms with Gasteiger partial charge in [-0.15, -0.1) is 0 Å². The lowest BCUT2D eigenvalue weighted by molar-refractivity contribution is 0.411. The van der Waals surface area contributed by atoms with Crippen LogP contribution in [0.2, 0.25) is 0 Å². The van der Waals surface area contributed by atoms with Gasteiger partial charge in [-0.3, -0.25) is 0 Å². The fraction of sp³-hybridized carbons (Fsp3) is 0.455. The van der Waals surface area contributed by atoms with Crippen LogP contribution >= 0.6 is 12.6 Å². The Morgan fingerprint density at radius 1 is 1.38 bits per heavy atom. The number of rotatable bonds is 4. The summed E-state index contributed by atoms with van der Waals surface area (Å²) in [5.74, 6) is 1.92. The summed E-state index contributed by atoms with van der Waals surface area (Å²) in [7, 11) is 1.71. The molecule has 13 heavy (non-hydrogen) atoms. The lowest BCUT2D eigenvalue weighted by atomic mass is 10.1. The molecule has 0 aromatic heterocycles. The monoisotopic (exact) mass is 196 g/mol. The van der Waals surface area contributed by atoms with Crippen LogP contribution in [0.5, 0.6) is 5.75 Å². The molecule has 1 aromatic carbocycles. The summed E-state index contributed by atoms with van der Waals surface area (Å²) in [5.41, 5.74) is 2.52. The molecule has 0 bridgehead atoms. The molecule has 0 saturated carbocycles. The first-order valence-electron chi connectivity index (χ1n) is 4.52. The first-order valence-corrected chi connectivity index (χ1v) is 5.15. The molecule has 0 aliphatic heterocycles. The SMILES string of the molecule is COc1cc(CCCS)ccc1C. The zero-order valence-electron chi connectivity index (χ0n) is 8.21. The smallest absolute Gasteiger partial charge is 0.122 e. The minimum atomic E-state index is 0.941. The second-order valence-corrected chi connectivity index (χ2v) is 3.58. The molecule has 0 aliphatic rings. The molecule has 2 heteroatoms. The highest BCUT2D eigenvalue weighted by molar-refractivity contribution is 7.80. The van der Waals surface area contributed by atoms with E-state index < -0.39 is 0 Å². The third-order valence-electron chi connectivity index (χ3n) is 2.10. The number of hydrogen-bond donors (Lipinski definition) is 1. The van der Waals surface area contributed by atoms with Crippen LogP contribution in [0.3, 0.4) is 0 Å². The molecule has 0 fully saturated rings. The Kier molecular flexibility index (Phi) is 4.16. The van der Waals surface area contributed by atoms with Gasteiger partial charge >= 0.3 is 0 Å². The van der Waals surface area contributed by atoms with Crippen molar-refractivity contribution in [1.82, 2.24) is 0 Å². The van der Waals surface area contributed by atoms with Crippen molar-refractivity contribution in [1.29, 1.82) is 0 Å². The summed E-state index contributed by atoms with van der Waals surface area (Å²) >= 11 is 4.19. The van der Waals surface area contributed by atoms with Crippen molar-refractivity contribution < 1.29 is 4.74 Å². The Bertz CT molecular complexity index is 271. The van der Waals surface area contributed by atoms with Gasteiger partial charge in [0.05, 0.1) is 7.11 Å². The minimum absolute atomic E-state index is 0.941. The van der Waals surface area contributed by atoms with E-state index >= 15 is 0 Å². The largest absolute Gasteiger partial charge is 0.496 e. The zero-order chi connectivity index (χ0) is 9.68. The summed E-state index contributed by atoms with van der Waals surface area (Å²) in [6, 6.07) is 6.37. The lowest BCUT2D eigenvalue weighted by Crippen LogP contribution is -1.91.